The van der Waals surface area contributed by atoms with E-state index >= 15 is 0 Å². The Kier molecular flexibility index (Phi) is 4.57. The van der Waals surface area contributed by atoms with Crippen LogP contribution in [0.3, 0.4) is 0 Å². The molecule has 1 unspecified atom stereocenters. The molecule has 27 heavy (non-hydrogen) atoms. The highest BCUT2D eigenvalue weighted by molar-refractivity contribution is 5.94. The van der Waals surface area contributed by atoms with Gasteiger partial charge in [0.25, 0.3) is 11.8 Å². The molecule has 1 amide bonds. The minimum atomic E-state index is 0.00946. The van der Waals surface area contributed by atoms with Crippen LogP contribution in [0.15, 0.2) is 35.0 Å². The Balaban J connectivity index is 1.47. The van der Waals surface area contributed by atoms with Crippen LogP contribution in [-0.2, 0) is 0 Å². The maximum Gasteiger partial charge on any atom is 0.280 e. The summed E-state index contributed by atoms with van der Waals surface area (Å²) in [4.78, 5) is 18.8. The molecule has 0 saturated carbocycles. The Labute approximate surface area is 155 Å². The SMILES string of the molecule is COc1ccc(C(=O)N2CCCC(n3cc(-c4nc(C)no4)nn3)C2)cc1. The van der Waals surface area contributed by atoms with Crippen molar-refractivity contribution in [1.29, 1.82) is 0 Å². The summed E-state index contributed by atoms with van der Waals surface area (Å²) < 4.78 is 12.1. The molecular weight excluding hydrogens is 348 g/mol. The van der Waals surface area contributed by atoms with E-state index in [-0.39, 0.29) is 11.9 Å². The molecule has 0 spiro atoms. The molecule has 3 heterocycles. The van der Waals surface area contributed by atoms with Gasteiger partial charge in [-0.3, -0.25) is 4.79 Å². The van der Waals surface area contributed by atoms with Gasteiger partial charge in [0.2, 0.25) is 0 Å². The lowest BCUT2D eigenvalue weighted by atomic mass is 10.0. The van der Waals surface area contributed by atoms with Crippen LogP contribution in [0.2, 0.25) is 0 Å². The summed E-state index contributed by atoms with van der Waals surface area (Å²) in [5, 5.41) is 12.1. The molecule has 0 radical (unpaired) electrons. The van der Waals surface area contributed by atoms with E-state index < -0.39 is 0 Å². The Bertz CT molecular complexity index is 933. The molecule has 140 valence electrons. The highest BCUT2D eigenvalue weighted by Crippen LogP contribution is 2.24. The van der Waals surface area contributed by atoms with Crippen LogP contribution < -0.4 is 4.74 Å². The lowest BCUT2D eigenvalue weighted by Crippen LogP contribution is -2.40. The van der Waals surface area contributed by atoms with Crippen molar-refractivity contribution in [3.8, 4) is 17.3 Å². The van der Waals surface area contributed by atoms with Crippen LogP contribution in [0.25, 0.3) is 11.6 Å². The van der Waals surface area contributed by atoms with Crippen molar-refractivity contribution in [3.05, 3.63) is 41.9 Å². The lowest BCUT2D eigenvalue weighted by molar-refractivity contribution is 0.0672. The number of benzene rings is 1. The molecule has 0 aliphatic carbocycles. The summed E-state index contributed by atoms with van der Waals surface area (Å²) in [6.07, 6.45) is 3.62. The molecule has 1 saturated heterocycles. The van der Waals surface area contributed by atoms with E-state index in [1.807, 2.05) is 4.90 Å². The predicted octanol–water partition coefficient (Wildman–Crippen LogP) is 2.12. The maximum absolute atomic E-state index is 12.8. The number of carbonyl (C=O) groups excluding carboxylic acids is 1. The number of hydrogen-bond donors (Lipinski definition) is 0. The Morgan fingerprint density at radius 1 is 1.30 bits per heavy atom. The zero-order chi connectivity index (χ0) is 18.8. The zero-order valence-corrected chi connectivity index (χ0v) is 15.2. The lowest BCUT2D eigenvalue weighted by Gasteiger charge is -2.32. The first-order valence-corrected chi connectivity index (χ1v) is 8.80. The van der Waals surface area contributed by atoms with Crippen LogP contribution >= 0.6 is 0 Å². The fourth-order valence-corrected chi connectivity index (χ4v) is 3.23. The molecule has 1 atom stereocenters. The molecule has 1 fully saturated rings. The van der Waals surface area contributed by atoms with Gasteiger partial charge >= 0.3 is 0 Å². The van der Waals surface area contributed by atoms with Gasteiger partial charge in [0.15, 0.2) is 11.5 Å². The third-order valence-electron chi connectivity index (χ3n) is 4.65. The highest BCUT2D eigenvalue weighted by Gasteiger charge is 2.27. The van der Waals surface area contributed by atoms with Gasteiger partial charge in [-0.2, -0.15) is 4.98 Å². The van der Waals surface area contributed by atoms with Crippen LogP contribution in [0.4, 0.5) is 0 Å². The van der Waals surface area contributed by atoms with Crippen molar-refractivity contribution in [2.45, 2.75) is 25.8 Å². The molecule has 3 aromatic rings. The quantitative estimate of drug-likeness (QED) is 0.695. The van der Waals surface area contributed by atoms with E-state index in [4.69, 9.17) is 9.26 Å². The van der Waals surface area contributed by atoms with Gasteiger partial charge in [-0.15, -0.1) is 5.10 Å². The third-order valence-corrected chi connectivity index (χ3v) is 4.65. The van der Waals surface area contributed by atoms with E-state index in [0.29, 0.717) is 29.5 Å². The topological polar surface area (TPSA) is 99.2 Å². The molecule has 1 aromatic carbocycles. The first-order valence-electron chi connectivity index (χ1n) is 8.80. The van der Waals surface area contributed by atoms with Crippen molar-refractivity contribution < 1.29 is 14.1 Å². The number of ether oxygens (including phenoxy) is 1. The van der Waals surface area contributed by atoms with Gasteiger partial charge in [-0.05, 0) is 44.0 Å². The number of carbonyl (C=O) groups is 1. The van der Waals surface area contributed by atoms with Crippen LogP contribution in [0, 0.1) is 6.92 Å². The molecule has 4 rings (SSSR count). The van der Waals surface area contributed by atoms with E-state index in [2.05, 4.69) is 20.5 Å². The second kappa shape index (κ2) is 7.18. The van der Waals surface area contributed by atoms with Crippen molar-refractivity contribution in [2.24, 2.45) is 0 Å². The summed E-state index contributed by atoms with van der Waals surface area (Å²) in [6.45, 7) is 3.06. The molecule has 9 nitrogen and oxygen atoms in total. The first kappa shape index (κ1) is 17.2. The van der Waals surface area contributed by atoms with Gasteiger partial charge < -0.3 is 14.2 Å². The number of aromatic nitrogens is 5. The monoisotopic (exact) mass is 368 g/mol. The number of amides is 1. The number of methoxy groups -OCH3 is 1. The smallest absolute Gasteiger partial charge is 0.280 e. The molecule has 1 aliphatic heterocycles. The third kappa shape index (κ3) is 3.53. The number of aryl methyl sites for hydroxylation is 1. The van der Waals surface area contributed by atoms with Crippen LogP contribution in [0.1, 0.15) is 35.1 Å². The van der Waals surface area contributed by atoms with E-state index in [9.17, 15) is 4.79 Å². The summed E-state index contributed by atoms with van der Waals surface area (Å²) in [7, 11) is 1.61. The second-order valence-electron chi connectivity index (χ2n) is 6.51. The van der Waals surface area contributed by atoms with E-state index in [1.54, 1.807) is 49.2 Å². The second-order valence-corrected chi connectivity index (χ2v) is 6.51. The average molecular weight is 368 g/mol. The van der Waals surface area contributed by atoms with Gasteiger partial charge in [-0.25, -0.2) is 4.68 Å². The van der Waals surface area contributed by atoms with Crippen molar-refractivity contribution in [1.82, 2.24) is 30.0 Å². The molecule has 2 aromatic heterocycles. The Hall–Kier alpha value is -3.23. The Morgan fingerprint density at radius 3 is 2.81 bits per heavy atom. The van der Waals surface area contributed by atoms with E-state index in [0.717, 1.165) is 25.1 Å². The van der Waals surface area contributed by atoms with Gasteiger partial charge in [0.05, 0.1) is 19.3 Å². The molecule has 0 bridgehead atoms. The fraction of sp³-hybridized carbons (Fsp3) is 0.389. The number of nitrogens with zero attached hydrogens (tertiary/aromatic N) is 6. The van der Waals surface area contributed by atoms with Crippen molar-refractivity contribution in [3.63, 3.8) is 0 Å². The fourth-order valence-electron chi connectivity index (χ4n) is 3.23. The maximum atomic E-state index is 12.8. The van der Waals surface area contributed by atoms with Gasteiger partial charge in [0, 0.05) is 18.7 Å². The Morgan fingerprint density at radius 2 is 2.11 bits per heavy atom. The zero-order valence-electron chi connectivity index (χ0n) is 15.2. The number of hydrogen-bond acceptors (Lipinski definition) is 7. The van der Waals surface area contributed by atoms with Crippen molar-refractivity contribution in [2.75, 3.05) is 20.2 Å². The van der Waals surface area contributed by atoms with Crippen LogP contribution in [-0.4, -0.2) is 56.1 Å². The molecule has 9 heteroatoms. The summed E-state index contributed by atoms with van der Waals surface area (Å²) in [5.74, 6) is 1.64. The first-order chi connectivity index (χ1) is 13.1. The highest BCUT2D eigenvalue weighted by atomic mass is 16.5. The number of rotatable bonds is 4. The summed E-state index contributed by atoms with van der Waals surface area (Å²) >= 11 is 0. The van der Waals surface area contributed by atoms with Crippen LogP contribution in [0.5, 0.6) is 5.75 Å². The largest absolute Gasteiger partial charge is 0.497 e. The van der Waals surface area contributed by atoms with Crippen molar-refractivity contribution >= 4 is 5.91 Å². The number of likely N-dealkylation sites (tertiary alicyclic amines) is 1. The average Bonchev–Trinajstić information content (AvgIpc) is 3.37. The van der Waals surface area contributed by atoms with E-state index in [1.165, 1.54) is 0 Å². The predicted molar refractivity (Wildman–Crippen MR) is 95.2 cm³/mol. The normalized spacial score (nSPS) is 17.1. The van der Waals surface area contributed by atoms with Gasteiger partial charge in [-0.1, -0.05) is 10.4 Å². The minimum absolute atomic E-state index is 0.00946. The summed E-state index contributed by atoms with van der Waals surface area (Å²) in [6, 6.07) is 7.23. The molecule has 0 N–H and O–H groups in total. The standard InChI is InChI=1S/C18H20N6O3/c1-12-19-17(27-21-12)16-11-24(22-20-16)14-4-3-9-23(10-14)18(25)13-5-7-15(26-2)8-6-13/h5-8,11,14H,3-4,9-10H2,1-2H3. The molecule has 1 aliphatic rings. The van der Waals surface area contributed by atoms with Gasteiger partial charge in [0.1, 0.15) is 5.75 Å². The summed E-state index contributed by atoms with van der Waals surface area (Å²) in [5.41, 5.74) is 1.19. The molecular formula is C18H20N6O3. The minimum Gasteiger partial charge on any atom is -0.497 e. The number of piperidine rings is 1.